The molecule has 1 aromatic rings. The van der Waals surface area contributed by atoms with Gasteiger partial charge in [-0.1, -0.05) is 95.1 Å². The van der Waals surface area contributed by atoms with Crippen molar-refractivity contribution in [3.05, 3.63) is 41.5 Å². The number of nitrogens with zero attached hydrogens (tertiary/aromatic N) is 1. The molecule has 2 amide bonds. The van der Waals surface area contributed by atoms with E-state index in [9.17, 15) is 4.79 Å². The molecular weight excluding hydrogens is 368 g/mol. The predicted octanol–water partition coefficient (Wildman–Crippen LogP) is 8.23. The summed E-state index contributed by atoms with van der Waals surface area (Å²) >= 11 is 0. The lowest BCUT2D eigenvalue weighted by molar-refractivity contribution is 0.253. The van der Waals surface area contributed by atoms with Crippen molar-refractivity contribution in [3.8, 4) is 0 Å². The van der Waals surface area contributed by atoms with Crippen molar-refractivity contribution in [1.29, 1.82) is 0 Å². The van der Waals surface area contributed by atoms with Gasteiger partial charge in [0, 0.05) is 6.54 Å². The Balaban J connectivity index is 2.06. The van der Waals surface area contributed by atoms with Crippen LogP contribution in [0, 0.1) is 13.8 Å². The maximum absolute atomic E-state index is 11.9. The molecule has 0 fully saturated rings. The second kappa shape index (κ2) is 17.0. The van der Waals surface area contributed by atoms with Crippen molar-refractivity contribution < 1.29 is 4.79 Å². The third kappa shape index (κ3) is 11.4. The van der Waals surface area contributed by atoms with E-state index < -0.39 is 0 Å². The Labute approximate surface area is 186 Å². The maximum Gasteiger partial charge on any atom is 0.319 e. The lowest BCUT2D eigenvalue weighted by Crippen LogP contribution is -2.37. The largest absolute Gasteiger partial charge is 0.351 e. The SMILES string of the molecule is CCCCCCCCC=CCCCCCCCCN(C(N)=O)c1c(C)cccc1C. The van der Waals surface area contributed by atoms with Crippen molar-refractivity contribution >= 4 is 11.7 Å². The Bertz CT molecular complexity index is 589. The first-order valence-corrected chi connectivity index (χ1v) is 12.4. The summed E-state index contributed by atoms with van der Waals surface area (Å²) in [4.78, 5) is 13.7. The lowest BCUT2D eigenvalue weighted by Gasteiger charge is -2.24. The van der Waals surface area contributed by atoms with Crippen LogP contribution in [-0.2, 0) is 0 Å². The number of amides is 2. The number of hydrogen-bond acceptors (Lipinski definition) is 1. The Morgan fingerprint density at radius 2 is 1.27 bits per heavy atom. The van der Waals surface area contributed by atoms with E-state index in [1.165, 1.54) is 77.0 Å². The molecule has 0 heterocycles. The fourth-order valence-electron chi connectivity index (χ4n) is 4.08. The molecule has 0 saturated carbocycles. The van der Waals surface area contributed by atoms with Crippen LogP contribution in [0.1, 0.15) is 108 Å². The molecule has 0 bridgehead atoms. The third-order valence-corrected chi connectivity index (χ3v) is 5.87. The Hall–Kier alpha value is -1.77. The Kier molecular flexibility index (Phi) is 14.9. The van der Waals surface area contributed by atoms with Crippen LogP contribution in [0.25, 0.3) is 0 Å². The number of anilines is 1. The summed E-state index contributed by atoms with van der Waals surface area (Å²) in [5.74, 6) is 0. The van der Waals surface area contributed by atoms with Gasteiger partial charge >= 0.3 is 6.03 Å². The molecular formula is C27H46N2O. The molecule has 3 nitrogen and oxygen atoms in total. The van der Waals surface area contributed by atoms with Crippen molar-refractivity contribution in [2.45, 2.75) is 111 Å². The summed E-state index contributed by atoms with van der Waals surface area (Å²) < 4.78 is 0. The first-order valence-electron chi connectivity index (χ1n) is 12.4. The summed E-state index contributed by atoms with van der Waals surface area (Å²) in [6.45, 7) is 7.07. The van der Waals surface area contributed by atoms with E-state index in [4.69, 9.17) is 5.73 Å². The number of aryl methyl sites for hydroxylation is 2. The standard InChI is InChI=1S/C27H46N2O/c1-4-5-6-7-8-9-10-11-12-13-14-15-16-17-18-19-23-29(27(28)30)26-24(2)21-20-22-25(26)3/h11-12,20-22H,4-10,13-19,23H2,1-3H3,(H2,28,30). The molecule has 3 heteroatoms. The average Bonchev–Trinajstić information content (AvgIpc) is 2.71. The summed E-state index contributed by atoms with van der Waals surface area (Å²) in [6, 6.07) is 5.76. The van der Waals surface area contributed by atoms with Crippen LogP contribution in [0.3, 0.4) is 0 Å². The number of para-hydroxylation sites is 1. The van der Waals surface area contributed by atoms with Crippen LogP contribution in [-0.4, -0.2) is 12.6 Å². The molecule has 0 aliphatic carbocycles. The van der Waals surface area contributed by atoms with Gasteiger partial charge in [-0.2, -0.15) is 0 Å². The molecule has 1 aromatic carbocycles. The normalized spacial score (nSPS) is 11.3. The molecule has 0 radical (unpaired) electrons. The van der Waals surface area contributed by atoms with E-state index in [-0.39, 0.29) is 6.03 Å². The molecule has 170 valence electrons. The average molecular weight is 415 g/mol. The number of carbonyl (C=O) groups is 1. The molecule has 0 aromatic heterocycles. The summed E-state index contributed by atoms with van der Waals surface area (Å²) in [5.41, 5.74) is 8.86. The highest BCUT2D eigenvalue weighted by molar-refractivity contribution is 5.92. The monoisotopic (exact) mass is 414 g/mol. The minimum atomic E-state index is -0.347. The molecule has 0 atom stereocenters. The van der Waals surface area contributed by atoms with Gasteiger partial charge in [0.2, 0.25) is 0 Å². The predicted molar refractivity (Wildman–Crippen MR) is 132 cm³/mol. The summed E-state index contributed by atoms with van der Waals surface area (Å²) in [7, 11) is 0. The van der Waals surface area contributed by atoms with Gasteiger partial charge in [-0.05, 0) is 57.1 Å². The van der Waals surface area contributed by atoms with Crippen LogP contribution in [0.15, 0.2) is 30.4 Å². The van der Waals surface area contributed by atoms with E-state index in [0.29, 0.717) is 6.54 Å². The van der Waals surface area contributed by atoms with Gasteiger partial charge in [0.05, 0.1) is 5.69 Å². The summed E-state index contributed by atoms with van der Waals surface area (Å²) in [6.07, 6.45) is 22.8. The third-order valence-electron chi connectivity index (χ3n) is 5.87. The molecule has 30 heavy (non-hydrogen) atoms. The molecule has 0 aliphatic heterocycles. The van der Waals surface area contributed by atoms with Crippen molar-refractivity contribution in [1.82, 2.24) is 0 Å². The second-order valence-electron chi connectivity index (χ2n) is 8.67. The highest BCUT2D eigenvalue weighted by Crippen LogP contribution is 2.25. The maximum atomic E-state index is 11.9. The van der Waals surface area contributed by atoms with Crippen molar-refractivity contribution in [3.63, 3.8) is 0 Å². The number of carbonyl (C=O) groups excluding carboxylic acids is 1. The minimum absolute atomic E-state index is 0.347. The number of nitrogens with two attached hydrogens (primary N) is 1. The number of rotatable bonds is 17. The molecule has 0 unspecified atom stereocenters. The first kappa shape index (κ1) is 26.3. The molecule has 0 spiro atoms. The van der Waals surface area contributed by atoms with Crippen molar-refractivity contribution in [2.24, 2.45) is 5.73 Å². The van der Waals surface area contributed by atoms with Gasteiger partial charge in [-0.3, -0.25) is 4.90 Å². The van der Waals surface area contributed by atoms with Crippen LogP contribution in [0.5, 0.6) is 0 Å². The number of hydrogen-bond donors (Lipinski definition) is 1. The second-order valence-corrected chi connectivity index (χ2v) is 8.67. The molecule has 1 rings (SSSR count). The zero-order valence-electron chi connectivity index (χ0n) is 19.9. The van der Waals surface area contributed by atoms with Gasteiger partial charge in [0.25, 0.3) is 0 Å². The minimum Gasteiger partial charge on any atom is -0.351 e. The fourth-order valence-corrected chi connectivity index (χ4v) is 4.08. The molecule has 0 aliphatic rings. The van der Waals surface area contributed by atoms with E-state index in [0.717, 1.165) is 29.7 Å². The number of unbranched alkanes of at least 4 members (excludes halogenated alkanes) is 12. The van der Waals surface area contributed by atoms with E-state index in [1.54, 1.807) is 4.90 Å². The Morgan fingerprint density at radius 1 is 0.800 bits per heavy atom. The number of allylic oxidation sites excluding steroid dienone is 2. The van der Waals surface area contributed by atoms with Crippen molar-refractivity contribution in [2.75, 3.05) is 11.4 Å². The zero-order valence-corrected chi connectivity index (χ0v) is 19.9. The molecule has 0 saturated heterocycles. The number of primary amides is 1. The highest BCUT2D eigenvalue weighted by Gasteiger charge is 2.16. The fraction of sp³-hybridized carbons (Fsp3) is 0.667. The topological polar surface area (TPSA) is 46.3 Å². The smallest absolute Gasteiger partial charge is 0.319 e. The quantitative estimate of drug-likeness (QED) is 0.202. The van der Waals surface area contributed by atoms with E-state index in [1.807, 2.05) is 32.0 Å². The van der Waals surface area contributed by atoms with Crippen LogP contribution < -0.4 is 10.6 Å². The first-order chi connectivity index (χ1) is 14.6. The van der Waals surface area contributed by atoms with Gasteiger partial charge in [-0.25, -0.2) is 4.79 Å². The van der Waals surface area contributed by atoms with Gasteiger partial charge in [0.1, 0.15) is 0 Å². The summed E-state index contributed by atoms with van der Waals surface area (Å²) in [5, 5.41) is 0. The highest BCUT2D eigenvalue weighted by atomic mass is 16.2. The number of benzene rings is 1. The van der Waals surface area contributed by atoms with Crippen LogP contribution in [0.2, 0.25) is 0 Å². The zero-order chi connectivity index (χ0) is 22.0. The van der Waals surface area contributed by atoms with E-state index in [2.05, 4.69) is 19.1 Å². The lowest BCUT2D eigenvalue weighted by atomic mass is 10.1. The van der Waals surface area contributed by atoms with E-state index >= 15 is 0 Å². The van der Waals surface area contributed by atoms with Crippen LogP contribution >= 0.6 is 0 Å². The van der Waals surface area contributed by atoms with Crippen LogP contribution in [0.4, 0.5) is 10.5 Å². The Morgan fingerprint density at radius 3 is 1.77 bits per heavy atom. The van der Waals surface area contributed by atoms with Gasteiger partial charge < -0.3 is 5.73 Å². The number of urea groups is 1. The van der Waals surface area contributed by atoms with Gasteiger partial charge in [0.15, 0.2) is 0 Å². The molecule has 2 N–H and O–H groups in total. The van der Waals surface area contributed by atoms with Gasteiger partial charge in [-0.15, -0.1) is 0 Å².